The molecule has 6 heteroatoms. The van der Waals surface area contributed by atoms with E-state index in [1.807, 2.05) is 30.3 Å². The van der Waals surface area contributed by atoms with Crippen LogP contribution < -0.4 is 15.6 Å². The third kappa shape index (κ3) is 3.43. The number of carbonyl (C=O) groups excluding carboxylic acids is 1. The number of hydrogen-bond acceptors (Lipinski definition) is 4. The molecule has 0 bridgehead atoms. The number of carbonyl (C=O) groups is 1. The fourth-order valence-corrected chi connectivity index (χ4v) is 2.43. The van der Waals surface area contributed by atoms with Gasteiger partial charge in [0.05, 0.1) is 23.8 Å². The van der Waals surface area contributed by atoms with E-state index in [2.05, 4.69) is 15.3 Å². The number of aryl methyl sites for hydroxylation is 1. The molecule has 122 valence electrons. The molecular weight excluding hydrogens is 306 g/mol. The molecule has 24 heavy (non-hydrogen) atoms. The van der Waals surface area contributed by atoms with Gasteiger partial charge in [-0.05, 0) is 24.3 Å². The van der Waals surface area contributed by atoms with Gasteiger partial charge in [0.15, 0.2) is 0 Å². The molecule has 0 unspecified atom stereocenters. The van der Waals surface area contributed by atoms with Gasteiger partial charge >= 0.3 is 0 Å². The molecule has 1 aromatic heterocycles. The standard InChI is InChI=1S/C18H17N3O3/c1-24-16-9-5-4-8-14(16)20-17(22)11-10-15-18(23)21-13-7-3-2-6-12(13)19-15/h2-9H,10-11H2,1H3,(H,20,22)(H,21,23). The smallest absolute Gasteiger partial charge is 0.270 e. The molecule has 0 saturated carbocycles. The van der Waals surface area contributed by atoms with Crippen molar-refractivity contribution in [3.63, 3.8) is 0 Å². The van der Waals surface area contributed by atoms with E-state index >= 15 is 0 Å². The van der Waals surface area contributed by atoms with Gasteiger partial charge in [-0.15, -0.1) is 0 Å². The number of hydrogen-bond donors (Lipinski definition) is 2. The number of nitrogens with one attached hydrogen (secondary N) is 2. The van der Waals surface area contributed by atoms with Crippen molar-refractivity contribution in [1.29, 1.82) is 0 Å². The molecule has 1 heterocycles. The number of H-pyrrole nitrogens is 1. The van der Waals surface area contributed by atoms with Gasteiger partial charge in [-0.1, -0.05) is 24.3 Å². The Balaban J connectivity index is 1.70. The Morgan fingerprint density at radius 3 is 2.75 bits per heavy atom. The van der Waals surface area contributed by atoms with E-state index in [0.717, 1.165) is 0 Å². The van der Waals surface area contributed by atoms with Crippen LogP contribution >= 0.6 is 0 Å². The highest BCUT2D eigenvalue weighted by Gasteiger charge is 2.10. The lowest BCUT2D eigenvalue weighted by molar-refractivity contribution is -0.116. The van der Waals surface area contributed by atoms with Crippen LogP contribution in [0.4, 0.5) is 5.69 Å². The van der Waals surface area contributed by atoms with Crippen LogP contribution in [-0.4, -0.2) is 23.0 Å². The molecule has 2 N–H and O–H groups in total. The highest BCUT2D eigenvalue weighted by Crippen LogP contribution is 2.23. The van der Waals surface area contributed by atoms with Crippen molar-refractivity contribution in [3.05, 3.63) is 64.6 Å². The summed E-state index contributed by atoms with van der Waals surface area (Å²) in [6.07, 6.45) is 0.424. The van der Waals surface area contributed by atoms with Crippen LogP contribution in [-0.2, 0) is 11.2 Å². The molecule has 3 aromatic rings. The number of amides is 1. The van der Waals surface area contributed by atoms with Crippen molar-refractivity contribution >= 4 is 22.6 Å². The van der Waals surface area contributed by atoms with E-state index in [1.54, 1.807) is 25.3 Å². The first kappa shape index (κ1) is 15.7. The fraction of sp³-hybridized carbons (Fsp3) is 0.167. The van der Waals surface area contributed by atoms with Crippen LogP contribution in [0.25, 0.3) is 11.0 Å². The van der Waals surface area contributed by atoms with E-state index in [-0.39, 0.29) is 24.3 Å². The molecule has 0 saturated heterocycles. The number of aromatic amines is 1. The number of methoxy groups -OCH3 is 1. The summed E-state index contributed by atoms with van der Waals surface area (Å²) >= 11 is 0. The van der Waals surface area contributed by atoms with Crippen molar-refractivity contribution < 1.29 is 9.53 Å². The number of fused-ring (bicyclic) bond motifs is 1. The van der Waals surface area contributed by atoms with E-state index in [4.69, 9.17) is 4.74 Å². The maximum atomic E-state index is 12.1. The minimum absolute atomic E-state index is 0.159. The van der Waals surface area contributed by atoms with Crippen LogP contribution in [0.3, 0.4) is 0 Å². The summed E-state index contributed by atoms with van der Waals surface area (Å²) in [7, 11) is 1.55. The number of nitrogens with zero attached hydrogens (tertiary/aromatic N) is 1. The SMILES string of the molecule is COc1ccccc1NC(=O)CCc1nc2ccccc2[nH]c1=O. The number of para-hydroxylation sites is 4. The molecule has 3 rings (SSSR count). The highest BCUT2D eigenvalue weighted by atomic mass is 16.5. The topological polar surface area (TPSA) is 84.1 Å². The molecule has 0 aliphatic heterocycles. The lowest BCUT2D eigenvalue weighted by Crippen LogP contribution is -2.19. The van der Waals surface area contributed by atoms with Crippen molar-refractivity contribution in [3.8, 4) is 5.75 Å². The van der Waals surface area contributed by atoms with E-state index in [9.17, 15) is 9.59 Å². The van der Waals surface area contributed by atoms with Gasteiger partial charge in [0.25, 0.3) is 5.56 Å². The van der Waals surface area contributed by atoms with Gasteiger partial charge in [0.2, 0.25) is 5.91 Å². The zero-order valence-corrected chi connectivity index (χ0v) is 13.2. The number of rotatable bonds is 5. The minimum Gasteiger partial charge on any atom is -0.495 e. The quantitative estimate of drug-likeness (QED) is 0.755. The second kappa shape index (κ2) is 6.95. The van der Waals surface area contributed by atoms with Crippen LogP contribution in [0.2, 0.25) is 0 Å². The Labute approximate surface area is 138 Å². The highest BCUT2D eigenvalue weighted by molar-refractivity contribution is 5.92. The van der Waals surface area contributed by atoms with Crippen LogP contribution in [0.15, 0.2) is 53.3 Å². The van der Waals surface area contributed by atoms with E-state index < -0.39 is 0 Å². The average molecular weight is 323 g/mol. The van der Waals surface area contributed by atoms with Crippen LogP contribution in [0.5, 0.6) is 5.75 Å². The molecule has 6 nitrogen and oxygen atoms in total. The largest absolute Gasteiger partial charge is 0.495 e. The lowest BCUT2D eigenvalue weighted by atomic mass is 10.2. The first-order valence-corrected chi connectivity index (χ1v) is 7.58. The van der Waals surface area contributed by atoms with Crippen molar-refractivity contribution in [1.82, 2.24) is 9.97 Å². The molecule has 0 aliphatic carbocycles. The number of benzene rings is 2. The van der Waals surface area contributed by atoms with Gasteiger partial charge in [0, 0.05) is 12.8 Å². The Hall–Kier alpha value is -3.15. The maximum absolute atomic E-state index is 12.1. The molecule has 0 atom stereocenters. The van der Waals surface area contributed by atoms with Crippen molar-refractivity contribution in [2.24, 2.45) is 0 Å². The molecule has 0 radical (unpaired) electrons. The second-order valence-corrected chi connectivity index (χ2v) is 5.28. The first-order valence-electron chi connectivity index (χ1n) is 7.58. The van der Waals surface area contributed by atoms with Crippen LogP contribution in [0, 0.1) is 0 Å². The predicted octanol–water partition coefficient (Wildman–Crippen LogP) is 2.50. The Morgan fingerprint density at radius 2 is 1.92 bits per heavy atom. The Bertz CT molecular complexity index is 934. The third-order valence-electron chi connectivity index (χ3n) is 3.64. The predicted molar refractivity (Wildman–Crippen MR) is 92.3 cm³/mol. The summed E-state index contributed by atoms with van der Waals surface area (Å²) in [5.74, 6) is 0.390. The van der Waals surface area contributed by atoms with E-state index in [1.165, 1.54) is 0 Å². The summed E-state index contributed by atoms with van der Waals surface area (Å²) < 4.78 is 5.19. The summed E-state index contributed by atoms with van der Waals surface area (Å²) in [6, 6.07) is 14.5. The molecule has 2 aromatic carbocycles. The van der Waals surface area contributed by atoms with Crippen LogP contribution in [0.1, 0.15) is 12.1 Å². The Kier molecular flexibility index (Phi) is 4.56. The van der Waals surface area contributed by atoms with Gasteiger partial charge < -0.3 is 15.0 Å². The van der Waals surface area contributed by atoms with Crippen molar-refractivity contribution in [2.45, 2.75) is 12.8 Å². The maximum Gasteiger partial charge on any atom is 0.270 e. The number of ether oxygens (including phenoxy) is 1. The van der Waals surface area contributed by atoms with Gasteiger partial charge in [-0.3, -0.25) is 9.59 Å². The molecule has 0 aliphatic rings. The normalized spacial score (nSPS) is 10.5. The van der Waals surface area contributed by atoms with Gasteiger partial charge in [0.1, 0.15) is 11.4 Å². The lowest BCUT2D eigenvalue weighted by Gasteiger charge is -2.09. The summed E-state index contributed by atoms with van der Waals surface area (Å²) in [4.78, 5) is 31.3. The van der Waals surface area contributed by atoms with Gasteiger partial charge in [-0.2, -0.15) is 0 Å². The minimum atomic E-state index is -0.265. The monoisotopic (exact) mass is 323 g/mol. The van der Waals surface area contributed by atoms with Crippen molar-refractivity contribution in [2.75, 3.05) is 12.4 Å². The first-order chi connectivity index (χ1) is 11.7. The summed E-state index contributed by atoms with van der Waals surface area (Å²) in [5.41, 5.74) is 2.08. The fourth-order valence-electron chi connectivity index (χ4n) is 2.43. The van der Waals surface area contributed by atoms with E-state index in [0.29, 0.717) is 28.2 Å². The number of anilines is 1. The zero-order chi connectivity index (χ0) is 16.9. The molecular formula is C18H17N3O3. The summed E-state index contributed by atoms with van der Waals surface area (Å²) in [6.45, 7) is 0. The van der Waals surface area contributed by atoms with Gasteiger partial charge in [-0.25, -0.2) is 4.98 Å². The zero-order valence-electron chi connectivity index (χ0n) is 13.2. The third-order valence-corrected chi connectivity index (χ3v) is 3.64. The summed E-state index contributed by atoms with van der Waals surface area (Å²) in [5, 5.41) is 2.78. The molecule has 0 spiro atoms. The molecule has 1 amide bonds. The average Bonchev–Trinajstić information content (AvgIpc) is 2.60. The molecule has 0 fully saturated rings. The number of aromatic nitrogens is 2. The Morgan fingerprint density at radius 1 is 1.17 bits per heavy atom. The second-order valence-electron chi connectivity index (χ2n) is 5.28.